The molecule has 0 N–H and O–H groups in total. The molecule has 2 aliphatic heterocycles. The van der Waals surface area contributed by atoms with Crippen LogP contribution in [0, 0.1) is 17.2 Å². The minimum Gasteiger partial charge on any atom is -0.380 e. The molecule has 1 amide bonds. The Morgan fingerprint density at radius 3 is 2.81 bits per heavy atom. The summed E-state index contributed by atoms with van der Waals surface area (Å²) in [5.74, 6) is 0.112. The summed E-state index contributed by atoms with van der Waals surface area (Å²) in [5.41, 5.74) is 1.59. The number of aromatic nitrogens is 3. The van der Waals surface area contributed by atoms with Crippen molar-refractivity contribution in [1.29, 1.82) is 0 Å². The second-order valence-corrected chi connectivity index (χ2v) is 7.84. The first-order valence-electron chi connectivity index (χ1n) is 9.02. The van der Waals surface area contributed by atoms with Gasteiger partial charge in [-0.05, 0) is 36.5 Å². The largest absolute Gasteiger partial charge is 0.380 e. The molecule has 2 aliphatic rings. The predicted octanol–water partition coefficient (Wildman–Crippen LogP) is 2.16. The van der Waals surface area contributed by atoms with E-state index in [9.17, 15) is 9.18 Å². The Hall–Kier alpha value is -2.28. The number of amides is 1. The lowest BCUT2D eigenvalue weighted by Gasteiger charge is -2.37. The first kappa shape index (κ1) is 17.1. The summed E-state index contributed by atoms with van der Waals surface area (Å²) in [4.78, 5) is 14.5. The normalized spacial score (nSPS) is 21.6. The van der Waals surface area contributed by atoms with E-state index in [1.807, 2.05) is 17.0 Å². The van der Waals surface area contributed by atoms with E-state index in [1.165, 1.54) is 12.1 Å². The Bertz CT molecular complexity index is 785. The molecule has 0 bridgehead atoms. The highest BCUT2D eigenvalue weighted by Crippen LogP contribution is 2.28. The maximum Gasteiger partial charge on any atom is 0.276 e. The summed E-state index contributed by atoms with van der Waals surface area (Å²) in [7, 11) is 0. The number of hydrogen-bond acceptors (Lipinski definition) is 4. The number of carbonyl (C=O) groups is 1. The lowest BCUT2D eigenvalue weighted by Crippen LogP contribution is -2.43. The standard InChI is InChI=1S/C19H23FN4O2/c1-19(12-26-13-19)11-24-10-17(21-22-24)18(25)23-7-6-15(9-23)8-14-2-4-16(20)5-3-14/h2-5,10,15H,6-9,11-13H2,1H3. The second kappa shape index (κ2) is 6.79. The van der Waals surface area contributed by atoms with Gasteiger partial charge in [-0.25, -0.2) is 4.39 Å². The van der Waals surface area contributed by atoms with Crippen LogP contribution < -0.4 is 0 Å². The Balaban J connectivity index is 1.34. The van der Waals surface area contributed by atoms with Crippen molar-refractivity contribution in [2.45, 2.75) is 26.3 Å². The van der Waals surface area contributed by atoms with Gasteiger partial charge < -0.3 is 9.64 Å². The summed E-state index contributed by atoms with van der Waals surface area (Å²) in [6.45, 7) is 5.71. The molecule has 1 aromatic heterocycles. The fourth-order valence-corrected chi connectivity index (χ4v) is 3.71. The van der Waals surface area contributed by atoms with Crippen LogP contribution in [-0.4, -0.2) is 52.1 Å². The first-order valence-corrected chi connectivity index (χ1v) is 9.02. The molecule has 2 saturated heterocycles. The van der Waals surface area contributed by atoms with Crippen LogP contribution in [0.1, 0.15) is 29.4 Å². The number of halogens is 1. The summed E-state index contributed by atoms with van der Waals surface area (Å²) in [6.07, 6.45) is 3.54. The maximum atomic E-state index is 13.0. The van der Waals surface area contributed by atoms with E-state index in [0.717, 1.165) is 24.9 Å². The van der Waals surface area contributed by atoms with E-state index in [4.69, 9.17) is 4.74 Å². The molecule has 1 atom stereocenters. The van der Waals surface area contributed by atoms with Gasteiger partial charge in [-0.3, -0.25) is 9.48 Å². The fraction of sp³-hybridized carbons (Fsp3) is 0.526. The third kappa shape index (κ3) is 3.62. The molecule has 3 heterocycles. The van der Waals surface area contributed by atoms with Crippen molar-refractivity contribution in [3.63, 3.8) is 0 Å². The van der Waals surface area contributed by atoms with E-state index < -0.39 is 0 Å². The Morgan fingerprint density at radius 1 is 1.35 bits per heavy atom. The Labute approximate surface area is 151 Å². The monoisotopic (exact) mass is 358 g/mol. The minimum atomic E-state index is -0.220. The van der Waals surface area contributed by atoms with Gasteiger partial charge in [0.15, 0.2) is 5.69 Å². The molecule has 0 saturated carbocycles. The molecular formula is C19H23FN4O2. The third-order valence-electron chi connectivity index (χ3n) is 5.21. The number of likely N-dealkylation sites (tertiary alicyclic amines) is 1. The van der Waals surface area contributed by atoms with Gasteiger partial charge in [-0.2, -0.15) is 0 Å². The molecule has 0 aliphatic carbocycles. The number of ether oxygens (including phenoxy) is 1. The van der Waals surface area contributed by atoms with Gasteiger partial charge in [0, 0.05) is 18.5 Å². The molecule has 1 unspecified atom stereocenters. The van der Waals surface area contributed by atoms with Crippen molar-refractivity contribution in [3.05, 3.63) is 47.5 Å². The highest BCUT2D eigenvalue weighted by atomic mass is 19.1. The molecule has 0 radical (unpaired) electrons. The SMILES string of the molecule is CC1(Cn2cc(C(=O)N3CCC(Cc4ccc(F)cc4)C3)nn2)COC1. The minimum absolute atomic E-state index is 0.0622. The maximum absolute atomic E-state index is 13.0. The topological polar surface area (TPSA) is 60.2 Å². The van der Waals surface area contributed by atoms with Crippen LogP contribution in [0.5, 0.6) is 0 Å². The van der Waals surface area contributed by atoms with Gasteiger partial charge in [0.05, 0.1) is 26.0 Å². The van der Waals surface area contributed by atoms with Gasteiger partial charge in [-0.1, -0.05) is 24.3 Å². The van der Waals surface area contributed by atoms with Gasteiger partial charge in [0.1, 0.15) is 5.82 Å². The van der Waals surface area contributed by atoms with Crippen LogP contribution in [0.2, 0.25) is 0 Å². The van der Waals surface area contributed by atoms with Gasteiger partial charge in [0.2, 0.25) is 0 Å². The van der Waals surface area contributed by atoms with Crippen LogP contribution in [-0.2, 0) is 17.7 Å². The first-order chi connectivity index (χ1) is 12.5. The molecule has 2 fully saturated rings. The van der Waals surface area contributed by atoms with Crippen LogP contribution in [0.4, 0.5) is 4.39 Å². The van der Waals surface area contributed by atoms with Gasteiger partial charge in [-0.15, -0.1) is 5.10 Å². The number of benzene rings is 1. The van der Waals surface area contributed by atoms with Crippen LogP contribution in [0.3, 0.4) is 0 Å². The zero-order valence-electron chi connectivity index (χ0n) is 14.9. The average Bonchev–Trinajstić information content (AvgIpc) is 3.24. The summed E-state index contributed by atoms with van der Waals surface area (Å²) in [6, 6.07) is 6.60. The number of carbonyl (C=O) groups excluding carboxylic acids is 1. The highest BCUT2D eigenvalue weighted by molar-refractivity contribution is 5.92. The average molecular weight is 358 g/mol. The molecular weight excluding hydrogens is 335 g/mol. The van der Waals surface area contributed by atoms with E-state index in [0.29, 0.717) is 37.9 Å². The molecule has 138 valence electrons. The highest BCUT2D eigenvalue weighted by Gasteiger charge is 2.35. The fourth-order valence-electron chi connectivity index (χ4n) is 3.71. The molecule has 26 heavy (non-hydrogen) atoms. The number of nitrogens with zero attached hydrogens (tertiary/aromatic N) is 4. The molecule has 4 rings (SSSR count). The smallest absolute Gasteiger partial charge is 0.276 e. The van der Waals surface area contributed by atoms with E-state index in [2.05, 4.69) is 17.2 Å². The van der Waals surface area contributed by atoms with Crippen LogP contribution >= 0.6 is 0 Å². The quantitative estimate of drug-likeness (QED) is 0.822. The molecule has 0 spiro atoms. The molecule has 6 nitrogen and oxygen atoms in total. The van der Waals surface area contributed by atoms with Crippen molar-refractivity contribution in [2.24, 2.45) is 11.3 Å². The van der Waals surface area contributed by atoms with Crippen molar-refractivity contribution in [1.82, 2.24) is 19.9 Å². The van der Waals surface area contributed by atoms with E-state index in [-0.39, 0.29) is 17.1 Å². The lowest BCUT2D eigenvalue weighted by atomic mass is 9.89. The lowest BCUT2D eigenvalue weighted by molar-refractivity contribution is -0.111. The molecule has 1 aromatic carbocycles. The van der Waals surface area contributed by atoms with Crippen LogP contribution in [0.15, 0.2) is 30.5 Å². The summed E-state index contributed by atoms with van der Waals surface area (Å²) >= 11 is 0. The third-order valence-corrected chi connectivity index (χ3v) is 5.21. The summed E-state index contributed by atoms with van der Waals surface area (Å²) in [5, 5.41) is 8.16. The van der Waals surface area contributed by atoms with Crippen molar-refractivity contribution >= 4 is 5.91 Å². The number of hydrogen-bond donors (Lipinski definition) is 0. The van der Waals surface area contributed by atoms with E-state index >= 15 is 0 Å². The van der Waals surface area contributed by atoms with Gasteiger partial charge in [0.25, 0.3) is 5.91 Å². The molecule has 7 heteroatoms. The zero-order chi connectivity index (χ0) is 18.1. The van der Waals surface area contributed by atoms with E-state index in [1.54, 1.807) is 10.9 Å². The summed E-state index contributed by atoms with van der Waals surface area (Å²) < 4.78 is 20.0. The van der Waals surface area contributed by atoms with Crippen molar-refractivity contribution < 1.29 is 13.9 Å². The van der Waals surface area contributed by atoms with Crippen molar-refractivity contribution in [3.8, 4) is 0 Å². The predicted molar refractivity (Wildman–Crippen MR) is 93.1 cm³/mol. The zero-order valence-corrected chi connectivity index (χ0v) is 14.9. The molecule has 2 aromatic rings. The number of rotatable bonds is 5. The Morgan fingerprint density at radius 2 is 2.12 bits per heavy atom. The second-order valence-electron chi connectivity index (χ2n) is 7.84. The Kier molecular flexibility index (Phi) is 4.48. The van der Waals surface area contributed by atoms with Crippen LogP contribution in [0.25, 0.3) is 0 Å². The van der Waals surface area contributed by atoms with Gasteiger partial charge >= 0.3 is 0 Å². The van der Waals surface area contributed by atoms with Crippen molar-refractivity contribution in [2.75, 3.05) is 26.3 Å².